The van der Waals surface area contributed by atoms with Crippen molar-refractivity contribution >= 4 is 35.1 Å². The molecule has 1 aromatic carbocycles. The van der Waals surface area contributed by atoms with E-state index < -0.39 is 24.7 Å². The molecule has 1 rings (SSSR count). The van der Waals surface area contributed by atoms with E-state index >= 15 is 0 Å². The maximum atomic E-state index is 11.8. The highest BCUT2D eigenvalue weighted by Crippen LogP contribution is 2.22. The van der Waals surface area contributed by atoms with Gasteiger partial charge >= 0.3 is 12.2 Å². The van der Waals surface area contributed by atoms with Crippen molar-refractivity contribution < 1.29 is 22.8 Å². The third-order valence-corrected chi connectivity index (χ3v) is 3.07. The van der Waals surface area contributed by atoms with Gasteiger partial charge in [0.05, 0.1) is 10.0 Å². The van der Waals surface area contributed by atoms with Crippen molar-refractivity contribution in [2.45, 2.75) is 6.18 Å². The van der Waals surface area contributed by atoms with Crippen molar-refractivity contribution in [3.8, 4) is 0 Å². The van der Waals surface area contributed by atoms with Crippen LogP contribution >= 0.6 is 23.2 Å². The SMILES string of the molecule is O=C(NCCNC(=O)c1ccc(Cl)c(Cl)c1)NCC(F)(F)F. The van der Waals surface area contributed by atoms with E-state index in [1.165, 1.54) is 18.2 Å². The number of nitrogens with one attached hydrogen (secondary N) is 3. The van der Waals surface area contributed by atoms with Crippen LogP contribution in [0.25, 0.3) is 0 Å². The van der Waals surface area contributed by atoms with Gasteiger partial charge in [0, 0.05) is 18.7 Å². The Labute approximate surface area is 134 Å². The monoisotopic (exact) mass is 357 g/mol. The molecule has 22 heavy (non-hydrogen) atoms. The van der Waals surface area contributed by atoms with E-state index in [0.29, 0.717) is 5.02 Å². The van der Waals surface area contributed by atoms with Gasteiger partial charge in [-0.3, -0.25) is 4.79 Å². The standard InChI is InChI=1S/C12H12Cl2F3N3O2/c13-8-2-1-7(5-9(8)14)10(21)18-3-4-19-11(22)20-6-12(15,16)17/h1-2,5H,3-4,6H2,(H,18,21)(H2,19,20,22). The van der Waals surface area contributed by atoms with Gasteiger partial charge in [-0.15, -0.1) is 0 Å². The summed E-state index contributed by atoms with van der Waals surface area (Å²) in [5.41, 5.74) is 0.274. The fraction of sp³-hybridized carbons (Fsp3) is 0.333. The quantitative estimate of drug-likeness (QED) is 0.709. The van der Waals surface area contributed by atoms with Crippen LogP contribution in [0.1, 0.15) is 10.4 Å². The predicted octanol–water partition coefficient (Wildman–Crippen LogP) is 2.58. The van der Waals surface area contributed by atoms with Gasteiger partial charge in [-0.1, -0.05) is 23.2 Å². The number of urea groups is 1. The molecule has 0 aliphatic carbocycles. The van der Waals surface area contributed by atoms with Gasteiger partial charge in [0.15, 0.2) is 0 Å². The highest BCUT2D eigenvalue weighted by molar-refractivity contribution is 6.42. The first kappa shape index (κ1) is 18.4. The zero-order chi connectivity index (χ0) is 16.8. The van der Waals surface area contributed by atoms with Crippen molar-refractivity contribution in [2.24, 2.45) is 0 Å². The molecule has 0 aromatic heterocycles. The molecule has 1 aromatic rings. The van der Waals surface area contributed by atoms with Crippen molar-refractivity contribution in [3.63, 3.8) is 0 Å². The number of alkyl halides is 3. The smallest absolute Gasteiger partial charge is 0.350 e. The van der Waals surface area contributed by atoms with Crippen LogP contribution < -0.4 is 16.0 Å². The molecule has 0 unspecified atom stereocenters. The summed E-state index contributed by atoms with van der Waals surface area (Å²) >= 11 is 11.5. The van der Waals surface area contributed by atoms with Gasteiger partial charge in [0.25, 0.3) is 5.91 Å². The largest absolute Gasteiger partial charge is 0.405 e. The Morgan fingerprint density at radius 3 is 2.23 bits per heavy atom. The van der Waals surface area contributed by atoms with E-state index in [2.05, 4.69) is 10.6 Å². The number of hydrogen-bond donors (Lipinski definition) is 3. The van der Waals surface area contributed by atoms with Gasteiger partial charge in [-0.25, -0.2) is 4.79 Å². The Bertz CT molecular complexity index is 553. The number of amides is 3. The van der Waals surface area contributed by atoms with E-state index in [0.717, 1.165) is 0 Å². The highest BCUT2D eigenvalue weighted by atomic mass is 35.5. The minimum absolute atomic E-state index is 0.0310. The summed E-state index contributed by atoms with van der Waals surface area (Å²) < 4.78 is 35.5. The first-order valence-electron chi connectivity index (χ1n) is 6.01. The van der Waals surface area contributed by atoms with E-state index in [9.17, 15) is 22.8 Å². The topological polar surface area (TPSA) is 70.2 Å². The molecule has 0 radical (unpaired) electrons. The summed E-state index contributed by atoms with van der Waals surface area (Å²) in [4.78, 5) is 22.7. The molecule has 0 bridgehead atoms. The molecular formula is C12H12Cl2F3N3O2. The number of hydrogen-bond acceptors (Lipinski definition) is 2. The average molecular weight is 358 g/mol. The minimum Gasteiger partial charge on any atom is -0.350 e. The molecule has 3 amide bonds. The third-order valence-electron chi connectivity index (χ3n) is 2.33. The van der Waals surface area contributed by atoms with Crippen molar-refractivity contribution in [2.75, 3.05) is 19.6 Å². The molecule has 0 aliphatic rings. The molecule has 3 N–H and O–H groups in total. The van der Waals surface area contributed by atoms with Gasteiger partial charge < -0.3 is 16.0 Å². The zero-order valence-corrected chi connectivity index (χ0v) is 12.6. The number of carbonyl (C=O) groups is 2. The van der Waals surface area contributed by atoms with Crippen LogP contribution in [0.2, 0.25) is 10.0 Å². The summed E-state index contributed by atoms with van der Waals surface area (Å²) in [5.74, 6) is -0.448. The Hall–Kier alpha value is -1.67. The first-order valence-corrected chi connectivity index (χ1v) is 6.76. The van der Waals surface area contributed by atoms with Gasteiger partial charge in [-0.05, 0) is 18.2 Å². The Morgan fingerprint density at radius 2 is 1.64 bits per heavy atom. The normalized spacial score (nSPS) is 11.0. The molecular weight excluding hydrogens is 346 g/mol. The number of benzene rings is 1. The van der Waals surface area contributed by atoms with Gasteiger partial charge in [0.2, 0.25) is 0 Å². The van der Waals surface area contributed by atoms with Gasteiger partial charge in [-0.2, -0.15) is 13.2 Å². The van der Waals surface area contributed by atoms with Crippen LogP contribution in [0.3, 0.4) is 0 Å². The Balaban J connectivity index is 2.28. The molecule has 5 nitrogen and oxygen atoms in total. The minimum atomic E-state index is -4.47. The van der Waals surface area contributed by atoms with Crippen molar-refractivity contribution in [1.29, 1.82) is 0 Å². The number of rotatable bonds is 5. The second kappa shape index (κ2) is 8.09. The summed E-state index contributed by atoms with van der Waals surface area (Å²) in [5, 5.41) is 6.80. The fourth-order valence-electron chi connectivity index (χ4n) is 1.33. The Kier molecular flexibility index (Phi) is 6.76. The summed E-state index contributed by atoms with van der Waals surface area (Å²) in [7, 11) is 0. The molecule has 122 valence electrons. The average Bonchev–Trinajstić information content (AvgIpc) is 2.43. The third kappa shape index (κ3) is 6.86. The predicted molar refractivity (Wildman–Crippen MR) is 76.3 cm³/mol. The molecule has 10 heteroatoms. The summed E-state index contributed by atoms with van der Waals surface area (Å²) in [6.07, 6.45) is -4.47. The number of halogens is 5. The molecule has 0 saturated carbocycles. The second-order valence-electron chi connectivity index (χ2n) is 4.11. The first-order chi connectivity index (χ1) is 10.2. The zero-order valence-electron chi connectivity index (χ0n) is 11.1. The van der Waals surface area contributed by atoms with Crippen LogP contribution in [0.5, 0.6) is 0 Å². The molecule has 0 fully saturated rings. The Morgan fingerprint density at radius 1 is 1.00 bits per heavy atom. The van der Waals surface area contributed by atoms with Crippen molar-refractivity contribution in [3.05, 3.63) is 33.8 Å². The van der Waals surface area contributed by atoms with Crippen LogP contribution in [-0.2, 0) is 0 Å². The lowest BCUT2D eigenvalue weighted by molar-refractivity contribution is -0.122. The molecule has 0 saturated heterocycles. The summed E-state index contributed by atoms with van der Waals surface area (Å²) in [6.45, 7) is -1.41. The van der Waals surface area contributed by atoms with Crippen LogP contribution in [-0.4, -0.2) is 37.7 Å². The van der Waals surface area contributed by atoms with Crippen LogP contribution in [0, 0.1) is 0 Å². The molecule has 0 aliphatic heterocycles. The van der Waals surface area contributed by atoms with E-state index in [-0.39, 0.29) is 23.7 Å². The van der Waals surface area contributed by atoms with E-state index in [1.807, 2.05) is 0 Å². The lowest BCUT2D eigenvalue weighted by Gasteiger charge is -2.10. The van der Waals surface area contributed by atoms with E-state index in [4.69, 9.17) is 23.2 Å². The lowest BCUT2D eigenvalue weighted by Crippen LogP contribution is -2.43. The van der Waals surface area contributed by atoms with Crippen LogP contribution in [0.15, 0.2) is 18.2 Å². The number of carbonyl (C=O) groups excluding carboxylic acids is 2. The molecule has 0 atom stereocenters. The fourth-order valence-corrected chi connectivity index (χ4v) is 1.63. The summed E-state index contributed by atoms with van der Waals surface area (Å²) in [6, 6.07) is 3.33. The highest BCUT2D eigenvalue weighted by Gasteiger charge is 2.27. The van der Waals surface area contributed by atoms with Crippen molar-refractivity contribution in [1.82, 2.24) is 16.0 Å². The molecule has 0 heterocycles. The maximum Gasteiger partial charge on any atom is 0.405 e. The lowest BCUT2D eigenvalue weighted by atomic mass is 10.2. The second-order valence-corrected chi connectivity index (χ2v) is 4.92. The maximum absolute atomic E-state index is 11.8. The van der Waals surface area contributed by atoms with Crippen LogP contribution in [0.4, 0.5) is 18.0 Å². The van der Waals surface area contributed by atoms with E-state index in [1.54, 1.807) is 5.32 Å². The molecule has 0 spiro atoms. The van der Waals surface area contributed by atoms with Gasteiger partial charge in [0.1, 0.15) is 6.54 Å².